The third-order valence-corrected chi connectivity index (χ3v) is 3.22. The van der Waals surface area contributed by atoms with Crippen LogP contribution in [0.2, 0.25) is 0 Å². The minimum atomic E-state index is 0.304. The van der Waals surface area contributed by atoms with Crippen molar-refractivity contribution in [1.82, 2.24) is 9.97 Å². The van der Waals surface area contributed by atoms with Crippen LogP contribution in [0.4, 0.5) is 5.82 Å². The monoisotopic (exact) mass is 236 g/mol. The fourth-order valence-electron chi connectivity index (χ4n) is 2.36. The highest BCUT2D eigenvalue weighted by molar-refractivity contribution is 5.60. The standard InChI is InChI=1S/C14H12N4/c15-8-12-7-13(16)18-14(17-12)11-5-4-9-2-1-3-10(9)6-11/h4-7H,1-3H2,(H2,16,17,18). The zero-order valence-electron chi connectivity index (χ0n) is 9.85. The van der Waals surface area contributed by atoms with Gasteiger partial charge < -0.3 is 5.73 Å². The van der Waals surface area contributed by atoms with Crippen molar-refractivity contribution < 1.29 is 0 Å². The molecule has 0 bridgehead atoms. The molecule has 4 nitrogen and oxygen atoms in total. The highest BCUT2D eigenvalue weighted by atomic mass is 14.9. The average molecular weight is 236 g/mol. The predicted octanol–water partition coefficient (Wildman–Crippen LogP) is 2.09. The quantitative estimate of drug-likeness (QED) is 0.822. The lowest BCUT2D eigenvalue weighted by atomic mass is 10.1. The van der Waals surface area contributed by atoms with Crippen LogP contribution in [0, 0.1) is 11.3 Å². The molecule has 1 aromatic heterocycles. The summed E-state index contributed by atoms with van der Waals surface area (Å²) in [5.74, 6) is 0.860. The Morgan fingerprint density at radius 2 is 1.94 bits per heavy atom. The second-order valence-corrected chi connectivity index (χ2v) is 4.45. The van der Waals surface area contributed by atoms with Gasteiger partial charge in [0.1, 0.15) is 17.6 Å². The molecule has 0 aliphatic heterocycles. The van der Waals surface area contributed by atoms with Gasteiger partial charge >= 0.3 is 0 Å². The molecule has 0 spiro atoms. The fourth-order valence-corrected chi connectivity index (χ4v) is 2.36. The van der Waals surface area contributed by atoms with E-state index >= 15 is 0 Å². The van der Waals surface area contributed by atoms with Crippen LogP contribution >= 0.6 is 0 Å². The third-order valence-electron chi connectivity index (χ3n) is 3.22. The summed E-state index contributed by atoms with van der Waals surface area (Å²) >= 11 is 0. The number of aromatic nitrogens is 2. The van der Waals surface area contributed by atoms with E-state index in [9.17, 15) is 0 Å². The molecule has 0 radical (unpaired) electrons. The van der Waals surface area contributed by atoms with E-state index in [1.54, 1.807) is 0 Å². The number of fused-ring (bicyclic) bond motifs is 1. The van der Waals surface area contributed by atoms with Gasteiger partial charge in [-0.1, -0.05) is 12.1 Å². The van der Waals surface area contributed by atoms with Crippen molar-refractivity contribution in [3.05, 3.63) is 41.1 Å². The molecule has 2 aromatic rings. The largest absolute Gasteiger partial charge is 0.384 e. The number of nitrogen functional groups attached to an aromatic ring is 1. The Hall–Kier alpha value is -2.41. The number of hydrogen-bond donors (Lipinski definition) is 1. The van der Waals surface area contributed by atoms with Gasteiger partial charge in [0.2, 0.25) is 0 Å². The first-order valence-electron chi connectivity index (χ1n) is 5.93. The zero-order valence-corrected chi connectivity index (χ0v) is 9.85. The molecule has 1 aliphatic rings. The second-order valence-electron chi connectivity index (χ2n) is 4.45. The number of anilines is 1. The Morgan fingerprint density at radius 3 is 2.78 bits per heavy atom. The molecule has 88 valence electrons. The molecule has 3 rings (SSSR count). The minimum absolute atomic E-state index is 0.304. The first-order valence-corrected chi connectivity index (χ1v) is 5.93. The fraction of sp³-hybridized carbons (Fsp3) is 0.214. The Balaban J connectivity index is 2.10. The van der Waals surface area contributed by atoms with Crippen molar-refractivity contribution in [3.8, 4) is 17.5 Å². The number of rotatable bonds is 1. The summed E-state index contributed by atoms with van der Waals surface area (Å²) < 4.78 is 0. The summed E-state index contributed by atoms with van der Waals surface area (Å²) in [6, 6.07) is 9.71. The van der Waals surface area contributed by atoms with Gasteiger partial charge in [-0.2, -0.15) is 5.26 Å². The normalized spacial score (nSPS) is 13.1. The molecule has 0 saturated carbocycles. The molecular formula is C14H12N4. The molecule has 0 unspecified atom stereocenters. The highest BCUT2D eigenvalue weighted by Gasteiger charge is 2.13. The highest BCUT2D eigenvalue weighted by Crippen LogP contribution is 2.26. The van der Waals surface area contributed by atoms with Gasteiger partial charge in [-0.15, -0.1) is 0 Å². The van der Waals surface area contributed by atoms with Crippen molar-refractivity contribution in [2.45, 2.75) is 19.3 Å². The van der Waals surface area contributed by atoms with Gasteiger partial charge in [-0.3, -0.25) is 0 Å². The topological polar surface area (TPSA) is 75.6 Å². The molecule has 18 heavy (non-hydrogen) atoms. The molecule has 2 N–H and O–H groups in total. The van der Waals surface area contributed by atoms with Crippen LogP contribution in [-0.2, 0) is 12.8 Å². The lowest BCUT2D eigenvalue weighted by Crippen LogP contribution is -1.98. The number of benzene rings is 1. The van der Waals surface area contributed by atoms with Gasteiger partial charge in [0.25, 0.3) is 0 Å². The lowest BCUT2D eigenvalue weighted by Gasteiger charge is -2.05. The SMILES string of the molecule is N#Cc1cc(N)nc(-c2ccc3c(c2)CCC3)n1. The Morgan fingerprint density at radius 1 is 1.11 bits per heavy atom. The van der Waals surface area contributed by atoms with E-state index in [4.69, 9.17) is 11.0 Å². The van der Waals surface area contributed by atoms with Crippen molar-refractivity contribution in [2.24, 2.45) is 0 Å². The Labute approximate surface area is 105 Å². The maximum Gasteiger partial charge on any atom is 0.162 e. The van der Waals surface area contributed by atoms with Crippen LogP contribution in [0.1, 0.15) is 23.2 Å². The maximum absolute atomic E-state index is 8.89. The molecule has 1 aliphatic carbocycles. The summed E-state index contributed by atoms with van der Waals surface area (Å²) in [4.78, 5) is 8.39. The lowest BCUT2D eigenvalue weighted by molar-refractivity contribution is 0.912. The van der Waals surface area contributed by atoms with E-state index in [1.165, 1.54) is 23.6 Å². The van der Waals surface area contributed by atoms with E-state index in [1.807, 2.05) is 12.1 Å². The van der Waals surface area contributed by atoms with Crippen LogP contribution in [0.15, 0.2) is 24.3 Å². The number of nitrogens with two attached hydrogens (primary N) is 1. The number of hydrogen-bond acceptors (Lipinski definition) is 4. The summed E-state index contributed by atoms with van der Waals surface area (Å²) in [5, 5.41) is 8.89. The Kier molecular flexibility index (Phi) is 2.45. The summed E-state index contributed by atoms with van der Waals surface area (Å²) in [5.41, 5.74) is 9.68. The van der Waals surface area contributed by atoms with E-state index in [0.29, 0.717) is 17.3 Å². The molecule has 0 atom stereocenters. The first-order chi connectivity index (χ1) is 8.76. The van der Waals surface area contributed by atoms with Crippen LogP contribution in [0.25, 0.3) is 11.4 Å². The van der Waals surface area contributed by atoms with Gasteiger partial charge in [-0.25, -0.2) is 9.97 Å². The van der Waals surface area contributed by atoms with Crippen LogP contribution in [0.5, 0.6) is 0 Å². The number of nitrogens with zero attached hydrogens (tertiary/aromatic N) is 3. The molecule has 1 heterocycles. The summed E-state index contributed by atoms with van der Waals surface area (Å²) in [6.45, 7) is 0. The second kappa shape index (κ2) is 4.11. The first kappa shape index (κ1) is 10.7. The average Bonchev–Trinajstić information content (AvgIpc) is 2.85. The van der Waals surface area contributed by atoms with E-state index in [0.717, 1.165) is 18.4 Å². The molecular weight excluding hydrogens is 224 g/mol. The van der Waals surface area contributed by atoms with Crippen LogP contribution in [0.3, 0.4) is 0 Å². The number of aryl methyl sites for hydroxylation is 2. The summed E-state index contributed by atoms with van der Waals surface area (Å²) in [6.07, 6.45) is 3.47. The smallest absolute Gasteiger partial charge is 0.162 e. The van der Waals surface area contributed by atoms with Gasteiger partial charge in [0.05, 0.1) is 0 Å². The molecule has 0 saturated heterocycles. The number of nitriles is 1. The molecule has 0 fully saturated rings. The minimum Gasteiger partial charge on any atom is -0.384 e. The molecule has 4 heteroatoms. The van der Waals surface area contributed by atoms with E-state index < -0.39 is 0 Å². The van der Waals surface area contributed by atoms with Gasteiger partial charge in [-0.05, 0) is 36.5 Å². The molecule has 1 aromatic carbocycles. The van der Waals surface area contributed by atoms with Crippen molar-refractivity contribution in [2.75, 3.05) is 5.73 Å². The third kappa shape index (κ3) is 1.80. The van der Waals surface area contributed by atoms with Crippen molar-refractivity contribution in [3.63, 3.8) is 0 Å². The van der Waals surface area contributed by atoms with Gasteiger partial charge in [0.15, 0.2) is 5.82 Å². The Bertz CT molecular complexity index is 655. The zero-order chi connectivity index (χ0) is 12.5. The van der Waals surface area contributed by atoms with Crippen molar-refractivity contribution >= 4 is 5.82 Å². The van der Waals surface area contributed by atoms with E-state index in [-0.39, 0.29) is 0 Å². The maximum atomic E-state index is 8.89. The van der Waals surface area contributed by atoms with Gasteiger partial charge in [0, 0.05) is 11.6 Å². The van der Waals surface area contributed by atoms with E-state index in [2.05, 4.69) is 22.1 Å². The summed E-state index contributed by atoms with van der Waals surface area (Å²) in [7, 11) is 0. The van der Waals surface area contributed by atoms with Crippen LogP contribution in [-0.4, -0.2) is 9.97 Å². The predicted molar refractivity (Wildman–Crippen MR) is 68.6 cm³/mol. The van der Waals surface area contributed by atoms with Crippen molar-refractivity contribution in [1.29, 1.82) is 5.26 Å². The molecule has 0 amide bonds. The van der Waals surface area contributed by atoms with Crippen LogP contribution < -0.4 is 5.73 Å².